The van der Waals surface area contributed by atoms with Gasteiger partial charge >= 0.3 is 0 Å². The highest BCUT2D eigenvalue weighted by atomic mass is 16.6. The first kappa shape index (κ1) is 15.0. The normalized spacial score (nSPS) is 26.5. The highest BCUT2D eigenvalue weighted by molar-refractivity contribution is 5.82. The van der Waals surface area contributed by atoms with Gasteiger partial charge in [-0.05, 0) is 24.3 Å². The summed E-state index contributed by atoms with van der Waals surface area (Å²) < 4.78 is 0. The Bertz CT molecular complexity index is 555. The second kappa shape index (κ2) is 6.04. The predicted molar refractivity (Wildman–Crippen MR) is 79.6 cm³/mol. The van der Waals surface area contributed by atoms with Crippen molar-refractivity contribution in [2.45, 2.75) is 31.4 Å². The van der Waals surface area contributed by atoms with Gasteiger partial charge in [-0.15, -0.1) is 0 Å². The van der Waals surface area contributed by atoms with Gasteiger partial charge in [0.2, 0.25) is 11.9 Å². The van der Waals surface area contributed by atoms with Crippen LogP contribution >= 0.6 is 0 Å². The molecule has 0 spiro atoms. The number of hydrogen-bond donors (Lipinski definition) is 1. The summed E-state index contributed by atoms with van der Waals surface area (Å²) >= 11 is 0. The lowest BCUT2D eigenvalue weighted by Crippen LogP contribution is -2.41. The molecule has 1 N–H and O–H groups in total. The highest BCUT2D eigenvalue weighted by Gasteiger charge is 2.54. The van der Waals surface area contributed by atoms with Crippen LogP contribution in [-0.2, 0) is 4.79 Å². The number of rotatable bonds is 4. The molecule has 1 aromatic carbocycles. The van der Waals surface area contributed by atoms with E-state index in [1.807, 2.05) is 30.3 Å². The number of carbonyl (C=O) groups excluding carboxylic acids is 1. The van der Waals surface area contributed by atoms with E-state index in [2.05, 4.69) is 0 Å². The number of piperidine rings is 1. The van der Waals surface area contributed by atoms with Crippen molar-refractivity contribution in [2.24, 2.45) is 11.8 Å². The Labute approximate surface area is 128 Å². The molecule has 1 aliphatic carbocycles. The number of aliphatic hydroxyl groups excluding tert-OH is 1. The van der Waals surface area contributed by atoms with Crippen molar-refractivity contribution in [1.29, 1.82) is 0 Å². The summed E-state index contributed by atoms with van der Waals surface area (Å²) in [6, 6.07) is 8.87. The maximum atomic E-state index is 12.2. The van der Waals surface area contributed by atoms with E-state index in [0.717, 1.165) is 18.4 Å². The standard InChI is InChI=1S/C16H20N2O4/c19-15(11-4-2-1-3-5-11)12-6-8-17(9-7-12)16(20)13-10-14(13)18(21)22/h1-5,12-15,19H,6-10H2/t13-,14+,15-/m1/s1. The molecule has 2 aliphatic rings. The lowest BCUT2D eigenvalue weighted by Gasteiger charge is -2.34. The largest absolute Gasteiger partial charge is 0.388 e. The summed E-state index contributed by atoms with van der Waals surface area (Å²) in [5, 5.41) is 21.1. The van der Waals surface area contributed by atoms with Gasteiger partial charge in [-0.25, -0.2) is 0 Å². The van der Waals surface area contributed by atoms with Gasteiger partial charge in [-0.2, -0.15) is 0 Å². The number of amides is 1. The van der Waals surface area contributed by atoms with Gasteiger partial charge in [0.25, 0.3) is 0 Å². The van der Waals surface area contributed by atoms with E-state index >= 15 is 0 Å². The second-order valence-corrected chi connectivity index (χ2v) is 6.21. The Morgan fingerprint density at radius 2 is 1.91 bits per heavy atom. The van der Waals surface area contributed by atoms with Crippen LogP contribution in [0.2, 0.25) is 0 Å². The molecule has 1 heterocycles. The van der Waals surface area contributed by atoms with Crippen LogP contribution in [0.3, 0.4) is 0 Å². The zero-order chi connectivity index (χ0) is 15.7. The van der Waals surface area contributed by atoms with Crippen molar-refractivity contribution in [3.63, 3.8) is 0 Å². The first-order chi connectivity index (χ1) is 10.6. The Balaban J connectivity index is 1.52. The average Bonchev–Trinajstić information content (AvgIpc) is 3.35. The number of carbonyl (C=O) groups is 1. The number of likely N-dealkylation sites (tertiary alicyclic amines) is 1. The summed E-state index contributed by atoms with van der Waals surface area (Å²) in [4.78, 5) is 24.2. The number of hydrogen-bond acceptors (Lipinski definition) is 4. The van der Waals surface area contributed by atoms with Gasteiger partial charge in [0.1, 0.15) is 5.92 Å². The maximum absolute atomic E-state index is 12.2. The summed E-state index contributed by atoms with van der Waals surface area (Å²) in [7, 11) is 0. The molecule has 1 aromatic rings. The zero-order valence-electron chi connectivity index (χ0n) is 12.3. The fraction of sp³-hybridized carbons (Fsp3) is 0.562. The minimum absolute atomic E-state index is 0.0886. The van der Waals surface area contributed by atoms with Crippen LogP contribution in [0.1, 0.15) is 30.9 Å². The molecule has 1 aliphatic heterocycles. The van der Waals surface area contributed by atoms with Crippen LogP contribution in [-0.4, -0.2) is 40.0 Å². The summed E-state index contributed by atoms with van der Waals surface area (Å²) in [5.41, 5.74) is 0.905. The molecular formula is C16H20N2O4. The highest BCUT2D eigenvalue weighted by Crippen LogP contribution is 2.37. The molecule has 6 nitrogen and oxygen atoms in total. The van der Waals surface area contributed by atoms with Gasteiger partial charge in [-0.3, -0.25) is 14.9 Å². The van der Waals surface area contributed by atoms with Gasteiger partial charge < -0.3 is 10.0 Å². The number of nitrogens with zero attached hydrogens (tertiary/aromatic N) is 2. The van der Waals surface area contributed by atoms with Crippen molar-refractivity contribution in [2.75, 3.05) is 13.1 Å². The number of nitro groups is 1. The third-order valence-electron chi connectivity index (χ3n) is 4.78. The molecule has 6 heteroatoms. The van der Waals surface area contributed by atoms with E-state index in [1.54, 1.807) is 4.90 Å². The molecule has 1 amide bonds. The minimum atomic E-state index is -0.680. The molecular weight excluding hydrogens is 284 g/mol. The molecule has 118 valence electrons. The molecule has 0 radical (unpaired) electrons. The van der Waals surface area contributed by atoms with Crippen LogP contribution < -0.4 is 0 Å². The van der Waals surface area contributed by atoms with E-state index < -0.39 is 18.1 Å². The molecule has 22 heavy (non-hydrogen) atoms. The van der Waals surface area contributed by atoms with Crippen LogP contribution in [0.5, 0.6) is 0 Å². The number of benzene rings is 1. The summed E-state index contributed by atoms with van der Waals surface area (Å²) in [5.74, 6) is -0.378. The lowest BCUT2D eigenvalue weighted by molar-refractivity contribution is -0.497. The Morgan fingerprint density at radius 3 is 2.45 bits per heavy atom. The average molecular weight is 304 g/mol. The molecule has 1 saturated heterocycles. The van der Waals surface area contributed by atoms with E-state index in [9.17, 15) is 20.0 Å². The van der Waals surface area contributed by atoms with Gasteiger partial charge in [0.15, 0.2) is 0 Å². The van der Waals surface area contributed by atoms with Gasteiger partial charge in [-0.1, -0.05) is 30.3 Å². The SMILES string of the molecule is O=C([C@@H]1C[C@@H]1[N+](=O)[O-])N1CCC([C@H](O)c2ccccc2)CC1. The van der Waals surface area contributed by atoms with Crippen LogP contribution in [0, 0.1) is 22.0 Å². The molecule has 0 unspecified atom stereocenters. The monoisotopic (exact) mass is 304 g/mol. The molecule has 3 atom stereocenters. The van der Waals surface area contributed by atoms with Gasteiger partial charge in [0, 0.05) is 24.4 Å². The summed E-state index contributed by atoms with van der Waals surface area (Å²) in [6.45, 7) is 1.16. The van der Waals surface area contributed by atoms with E-state index in [1.165, 1.54) is 0 Å². The predicted octanol–water partition coefficient (Wildman–Crippen LogP) is 1.62. The van der Waals surface area contributed by atoms with E-state index in [4.69, 9.17) is 0 Å². The van der Waals surface area contributed by atoms with Gasteiger partial charge in [0.05, 0.1) is 6.10 Å². The summed E-state index contributed by atoms with van der Waals surface area (Å²) in [6.07, 6.45) is 1.33. The van der Waals surface area contributed by atoms with E-state index in [0.29, 0.717) is 19.5 Å². The van der Waals surface area contributed by atoms with Crippen LogP contribution in [0.25, 0.3) is 0 Å². The quantitative estimate of drug-likeness (QED) is 0.677. The van der Waals surface area contributed by atoms with Crippen molar-refractivity contribution in [3.05, 3.63) is 46.0 Å². The minimum Gasteiger partial charge on any atom is -0.388 e. The Hall–Kier alpha value is -1.95. The molecule has 2 fully saturated rings. The third kappa shape index (κ3) is 2.97. The van der Waals surface area contributed by atoms with Crippen LogP contribution in [0.15, 0.2) is 30.3 Å². The lowest BCUT2D eigenvalue weighted by atomic mass is 9.87. The molecule has 1 saturated carbocycles. The Kier molecular flexibility index (Phi) is 4.11. The smallest absolute Gasteiger partial charge is 0.232 e. The molecule has 3 rings (SSSR count). The first-order valence-corrected chi connectivity index (χ1v) is 7.73. The number of aliphatic hydroxyl groups is 1. The van der Waals surface area contributed by atoms with Crippen molar-refractivity contribution in [3.8, 4) is 0 Å². The molecule has 0 bridgehead atoms. The zero-order valence-corrected chi connectivity index (χ0v) is 12.3. The Morgan fingerprint density at radius 1 is 1.27 bits per heavy atom. The topological polar surface area (TPSA) is 83.7 Å². The van der Waals surface area contributed by atoms with Crippen molar-refractivity contribution in [1.82, 2.24) is 4.90 Å². The fourth-order valence-electron chi connectivity index (χ4n) is 3.27. The maximum Gasteiger partial charge on any atom is 0.232 e. The van der Waals surface area contributed by atoms with Crippen molar-refractivity contribution >= 4 is 5.91 Å². The fourth-order valence-corrected chi connectivity index (χ4v) is 3.27. The second-order valence-electron chi connectivity index (χ2n) is 6.21. The van der Waals surface area contributed by atoms with Crippen LogP contribution in [0.4, 0.5) is 0 Å². The molecule has 0 aromatic heterocycles. The third-order valence-corrected chi connectivity index (χ3v) is 4.78. The van der Waals surface area contributed by atoms with E-state index in [-0.39, 0.29) is 16.7 Å². The van der Waals surface area contributed by atoms with Crippen molar-refractivity contribution < 1.29 is 14.8 Å². The first-order valence-electron chi connectivity index (χ1n) is 7.73.